The SMILES string of the molecule is CC1CCCCCN1CCNCC1CC1. The first-order valence-electron chi connectivity index (χ1n) is 6.81. The summed E-state index contributed by atoms with van der Waals surface area (Å²) < 4.78 is 0. The van der Waals surface area contributed by atoms with Crippen LogP contribution in [0.4, 0.5) is 0 Å². The van der Waals surface area contributed by atoms with Crippen LogP contribution in [0.3, 0.4) is 0 Å². The Hall–Kier alpha value is -0.0800. The minimum atomic E-state index is 0.815. The number of hydrogen-bond acceptors (Lipinski definition) is 2. The van der Waals surface area contributed by atoms with Gasteiger partial charge in [-0.15, -0.1) is 0 Å². The van der Waals surface area contributed by atoms with Crippen LogP contribution in [-0.2, 0) is 0 Å². The molecule has 0 spiro atoms. The molecule has 15 heavy (non-hydrogen) atoms. The molecule has 0 bridgehead atoms. The zero-order chi connectivity index (χ0) is 10.5. The fraction of sp³-hybridized carbons (Fsp3) is 1.00. The summed E-state index contributed by atoms with van der Waals surface area (Å²) in [5, 5.41) is 3.59. The quantitative estimate of drug-likeness (QED) is 0.700. The summed E-state index contributed by atoms with van der Waals surface area (Å²) in [5.41, 5.74) is 0. The van der Waals surface area contributed by atoms with E-state index < -0.39 is 0 Å². The van der Waals surface area contributed by atoms with E-state index in [-0.39, 0.29) is 0 Å². The lowest BCUT2D eigenvalue weighted by Crippen LogP contribution is -2.38. The maximum absolute atomic E-state index is 3.59. The first kappa shape index (κ1) is 11.4. The smallest absolute Gasteiger partial charge is 0.0110 e. The molecule has 2 heteroatoms. The highest BCUT2D eigenvalue weighted by Gasteiger charge is 2.20. The van der Waals surface area contributed by atoms with Crippen LogP contribution in [0.2, 0.25) is 0 Å². The van der Waals surface area contributed by atoms with E-state index in [1.807, 2.05) is 0 Å². The lowest BCUT2D eigenvalue weighted by atomic mass is 10.1. The Balaban J connectivity index is 1.58. The Morgan fingerprint density at radius 3 is 2.80 bits per heavy atom. The molecule has 1 aliphatic heterocycles. The van der Waals surface area contributed by atoms with Gasteiger partial charge >= 0.3 is 0 Å². The predicted octanol–water partition coefficient (Wildman–Crippen LogP) is 2.25. The van der Waals surface area contributed by atoms with Crippen LogP contribution in [0.5, 0.6) is 0 Å². The fourth-order valence-corrected chi connectivity index (χ4v) is 2.52. The average molecular weight is 210 g/mol. The fourth-order valence-electron chi connectivity index (χ4n) is 2.52. The van der Waals surface area contributed by atoms with E-state index in [9.17, 15) is 0 Å². The van der Waals surface area contributed by atoms with E-state index in [0.717, 1.165) is 12.0 Å². The van der Waals surface area contributed by atoms with Crippen molar-refractivity contribution in [1.29, 1.82) is 0 Å². The van der Waals surface area contributed by atoms with Crippen molar-refractivity contribution >= 4 is 0 Å². The topological polar surface area (TPSA) is 15.3 Å². The zero-order valence-electron chi connectivity index (χ0n) is 10.2. The molecule has 1 unspecified atom stereocenters. The molecule has 1 heterocycles. The third kappa shape index (κ3) is 4.12. The summed E-state index contributed by atoms with van der Waals surface area (Å²) in [6.45, 7) is 7.44. The first-order valence-corrected chi connectivity index (χ1v) is 6.81. The van der Waals surface area contributed by atoms with Gasteiger partial charge in [0.15, 0.2) is 0 Å². The molecule has 2 fully saturated rings. The maximum Gasteiger partial charge on any atom is 0.0110 e. The van der Waals surface area contributed by atoms with Crippen molar-refractivity contribution in [2.24, 2.45) is 5.92 Å². The largest absolute Gasteiger partial charge is 0.315 e. The van der Waals surface area contributed by atoms with Crippen molar-refractivity contribution in [3.05, 3.63) is 0 Å². The van der Waals surface area contributed by atoms with Crippen molar-refractivity contribution < 1.29 is 0 Å². The molecule has 1 atom stereocenters. The van der Waals surface area contributed by atoms with Gasteiger partial charge in [0, 0.05) is 19.1 Å². The Morgan fingerprint density at radius 2 is 2.00 bits per heavy atom. The van der Waals surface area contributed by atoms with Crippen LogP contribution >= 0.6 is 0 Å². The zero-order valence-corrected chi connectivity index (χ0v) is 10.2. The van der Waals surface area contributed by atoms with Crippen LogP contribution in [-0.4, -0.2) is 37.1 Å². The molecule has 0 aromatic carbocycles. The van der Waals surface area contributed by atoms with Crippen LogP contribution in [0.25, 0.3) is 0 Å². The molecule has 88 valence electrons. The molecule has 2 nitrogen and oxygen atoms in total. The Bertz CT molecular complexity index is 177. The molecular weight excluding hydrogens is 184 g/mol. The minimum absolute atomic E-state index is 0.815. The van der Waals surface area contributed by atoms with E-state index in [1.54, 1.807) is 0 Å². The van der Waals surface area contributed by atoms with Gasteiger partial charge in [0.25, 0.3) is 0 Å². The summed E-state index contributed by atoms with van der Waals surface area (Å²) in [5.74, 6) is 1.02. The molecule has 0 aromatic heterocycles. The van der Waals surface area contributed by atoms with E-state index >= 15 is 0 Å². The third-order valence-electron chi connectivity index (χ3n) is 3.90. The monoisotopic (exact) mass is 210 g/mol. The van der Waals surface area contributed by atoms with Gasteiger partial charge in [-0.1, -0.05) is 12.8 Å². The van der Waals surface area contributed by atoms with Gasteiger partial charge in [0.2, 0.25) is 0 Å². The van der Waals surface area contributed by atoms with Gasteiger partial charge in [-0.25, -0.2) is 0 Å². The third-order valence-corrected chi connectivity index (χ3v) is 3.90. The van der Waals surface area contributed by atoms with Crippen molar-refractivity contribution in [3.63, 3.8) is 0 Å². The molecule has 0 radical (unpaired) electrons. The van der Waals surface area contributed by atoms with Crippen LogP contribution < -0.4 is 5.32 Å². The summed E-state index contributed by atoms with van der Waals surface area (Å²) in [4.78, 5) is 2.67. The van der Waals surface area contributed by atoms with E-state index in [1.165, 1.54) is 64.7 Å². The van der Waals surface area contributed by atoms with Gasteiger partial charge < -0.3 is 5.32 Å². The van der Waals surface area contributed by atoms with Gasteiger partial charge in [0.1, 0.15) is 0 Å². The molecule has 0 amide bonds. The van der Waals surface area contributed by atoms with Crippen LogP contribution in [0, 0.1) is 5.92 Å². The number of nitrogens with one attached hydrogen (secondary N) is 1. The predicted molar refractivity (Wildman–Crippen MR) is 65.1 cm³/mol. The molecule has 1 saturated heterocycles. The number of rotatable bonds is 5. The van der Waals surface area contributed by atoms with Crippen molar-refractivity contribution in [3.8, 4) is 0 Å². The van der Waals surface area contributed by atoms with Gasteiger partial charge in [0.05, 0.1) is 0 Å². The standard InChI is InChI=1S/C13H26N2/c1-12-5-3-2-4-9-15(12)10-8-14-11-13-6-7-13/h12-14H,2-11H2,1H3. The van der Waals surface area contributed by atoms with E-state index in [0.29, 0.717) is 0 Å². The highest BCUT2D eigenvalue weighted by atomic mass is 15.2. The average Bonchev–Trinajstić information content (AvgIpc) is 3.03. The number of likely N-dealkylation sites (tertiary alicyclic amines) is 1. The van der Waals surface area contributed by atoms with Crippen molar-refractivity contribution in [2.75, 3.05) is 26.2 Å². The maximum atomic E-state index is 3.59. The number of hydrogen-bond donors (Lipinski definition) is 1. The van der Waals surface area contributed by atoms with E-state index in [4.69, 9.17) is 0 Å². The molecule has 1 saturated carbocycles. The first-order chi connectivity index (χ1) is 7.36. The number of nitrogens with zero attached hydrogens (tertiary/aromatic N) is 1. The summed E-state index contributed by atoms with van der Waals surface area (Å²) in [7, 11) is 0. The van der Waals surface area contributed by atoms with Crippen molar-refractivity contribution in [1.82, 2.24) is 10.2 Å². The second-order valence-electron chi connectivity index (χ2n) is 5.38. The lowest BCUT2D eigenvalue weighted by Gasteiger charge is -2.26. The second kappa shape index (κ2) is 5.86. The lowest BCUT2D eigenvalue weighted by molar-refractivity contribution is 0.214. The molecule has 0 aromatic rings. The van der Waals surface area contributed by atoms with E-state index in [2.05, 4.69) is 17.1 Å². The second-order valence-corrected chi connectivity index (χ2v) is 5.38. The highest BCUT2D eigenvalue weighted by molar-refractivity contribution is 4.76. The Labute approximate surface area is 94.4 Å². The van der Waals surface area contributed by atoms with Crippen LogP contribution in [0.15, 0.2) is 0 Å². The molecular formula is C13H26N2. The van der Waals surface area contributed by atoms with Gasteiger partial charge in [-0.2, -0.15) is 0 Å². The molecule has 2 aliphatic rings. The normalized spacial score (nSPS) is 29.0. The van der Waals surface area contributed by atoms with Gasteiger partial charge in [-0.05, 0) is 51.6 Å². The summed E-state index contributed by atoms with van der Waals surface area (Å²) >= 11 is 0. The van der Waals surface area contributed by atoms with Crippen molar-refractivity contribution in [2.45, 2.75) is 51.5 Å². The summed E-state index contributed by atoms with van der Waals surface area (Å²) in [6, 6.07) is 0.815. The minimum Gasteiger partial charge on any atom is -0.315 e. The molecule has 1 N–H and O–H groups in total. The highest BCUT2D eigenvalue weighted by Crippen LogP contribution is 2.27. The van der Waals surface area contributed by atoms with Crippen LogP contribution in [0.1, 0.15) is 45.4 Å². The Morgan fingerprint density at radius 1 is 1.13 bits per heavy atom. The molecule has 1 aliphatic carbocycles. The van der Waals surface area contributed by atoms with Gasteiger partial charge in [-0.3, -0.25) is 4.90 Å². The summed E-state index contributed by atoms with van der Waals surface area (Å²) in [6.07, 6.45) is 8.62. The molecule has 2 rings (SSSR count). The Kier molecular flexibility index (Phi) is 4.45.